The molecule has 7 aromatic rings. The Morgan fingerprint density at radius 2 is 1.50 bits per heavy atom. The van der Waals surface area contributed by atoms with E-state index in [0.29, 0.717) is 0 Å². The van der Waals surface area contributed by atoms with Gasteiger partial charge in [0, 0.05) is 47.2 Å². The molecule has 0 bridgehead atoms. The van der Waals surface area contributed by atoms with Crippen molar-refractivity contribution in [2.45, 2.75) is 0 Å². The first-order chi connectivity index (χ1) is 14.3. The van der Waals surface area contributed by atoms with E-state index in [9.17, 15) is 0 Å². The largest absolute Gasteiger partial charge is 0.342 e. The molecule has 4 heteroatoms. The maximum atomic E-state index is 3.44. The number of fused-ring (bicyclic) bond motifs is 7. The zero-order valence-corrected chi connectivity index (χ0v) is 18.6. The Labute approximate surface area is 186 Å². The fourth-order valence-electron chi connectivity index (χ4n) is 4.86. The van der Waals surface area contributed by atoms with Crippen LogP contribution in [0, 0.1) is 12.4 Å². The Hall–Kier alpha value is -3.20. The summed E-state index contributed by atoms with van der Waals surface area (Å²) in [6.45, 7) is 0. The molecule has 7 rings (SSSR count). The maximum absolute atomic E-state index is 3.44. The summed E-state index contributed by atoms with van der Waals surface area (Å²) in [7, 11) is 2.05. The molecule has 3 heterocycles. The molecule has 3 aromatic heterocycles. The van der Waals surface area contributed by atoms with Crippen LogP contribution in [0.2, 0.25) is 0 Å². The van der Waals surface area contributed by atoms with Crippen molar-refractivity contribution in [1.29, 1.82) is 0 Å². The average Bonchev–Trinajstić information content (AvgIpc) is 3.40. The van der Waals surface area contributed by atoms with Crippen LogP contribution in [-0.4, -0.2) is 8.97 Å². The number of rotatable bonds is 1. The second-order valence-electron chi connectivity index (χ2n) is 7.65. The van der Waals surface area contributed by atoms with Crippen molar-refractivity contribution in [3.8, 4) is 5.69 Å². The minimum atomic E-state index is 0. The molecule has 0 N–H and O–H groups in total. The monoisotopic (exact) mass is 563 g/mol. The molecule has 0 aliphatic carbocycles. The van der Waals surface area contributed by atoms with Crippen LogP contribution >= 0.6 is 0 Å². The van der Waals surface area contributed by atoms with Crippen molar-refractivity contribution >= 4 is 49.1 Å². The van der Waals surface area contributed by atoms with E-state index in [1.807, 2.05) is 18.2 Å². The van der Waals surface area contributed by atoms with Gasteiger partial charge < -0.3 is 13.5 Å². The minimum absolute atomic E-state index is 0. The van der Waals surface area contributed by atoms with E-state index in [1.54, 1.807) is 0 Å². The summed E-state index contributed by atoms with van der Waals surface area (Å²) < 4.78 is 6.59. The van der Waals surface area contributed by atoms with E-state index < -0.39 is 0 Å². The third-order valence-corrected chi connectivity index (χ3v) is 6.10. The molecular weight excluding hydrogens is 547 g/mol. The van der Waals surface area contributed by atoms with Gasteiger partial charge in [-0.3, -0.25) is 0 Å². The van der Waals surface area contributed by atoms with Crippen LogP contribution in [0.4, 0.5) is 0 Å². The number of imidazole rings is 1. The second kappa shape index (κ2) is 6.15. The molecule has 0 amide bonds. The summed E-state index contributed by atoms with van der Waals surface area (Å²) in [6.07, 6.45) is 3.44. The molecule has 0 saturated carbocycles. The topological polar surface area (TPSA) is 13.2 Å². The molecule has 3 nitrogen and oxygen atoms in total. The van der Waals surface area contributed by atoms with Gasteiger partial charge >= 0.3 is 0 Å². The van der Waals surface area contributed by atoms with Crippen molar-refractivity contribution in [2.75, 3.05) is 0 Å². The Kier molecular flexibility index (Phi) is 3.62. The third kappa shape index (κ3) is 2.10. The van der Waals surface area contributed by atoms with Crippen LogP contribution in [0.1, 0.15) is 0 Å². The Balaban J connectivity index is 0.00000175. The predicted octanol–water partition coefficient (Wildman–Crippen LogP) is 5.20. The summed E-state index contributed by atoms with van der Waals surface area (Å²) in [4.78, 5) is 0. The standard InChI is InChI=1S/C26H16N3.Ir/c1-27-16-28(17-8-3-2-4-9-17)25-15-23-21(14-24(25)27)20-12-7-11-19-18-10-5-6-13-22(18)29(23)26(19)20;/h2-8,10-15H,1H3;/q-1;. The molecule has 0 aliphatic rings. The fraction of sp³-hybridized carbons (Fsp3) is 0.0385. The average molecular weight is 563 g/mol. The van der Waals surface area contributed by atoms with E-state index in [0.717, 1.165) is 16.7 Å². The molecule has 1 radical (unpaired) electrons. The van der Waals surface area contributed by atoms with Crippen LogP contribution in [-0.2, 0) is 27.2 Å². The van der Waals surface area contributed by atoms with Crippen LogP contribution in [0.5, 0.6) is 0 Å². The van der Waals surface area contributed by atoms with Crippen LogP contribution in [0.3, 0.4) is 0 Å². The molecule has 0 unspecified atom stereocenters. The first-order valence-electron chi connectivity index (χ1n) is 9.79. The van der Waals surface area contributed by atoms with Gasteiger partial charge in [-0.2, -0.15) is 30.3 Å². The number of benzene rings is 4. The molecule has 30 heavy (non-hydrogen) atoms. The van der Waals surface area contributed by atoms with Crippen molar-refractivity contribution < 1.29 is 24.7 Å². The van der Waals surface area contributed by atoms with Crippen molar-refractivity contribution in [2.24, 2.45) is 7.05 Å². The molecule has 0 spiro atoms. The van der Waals surface area contributed by atoms with Crippen LogP contribution < -0.4 is 4.57 Å². The normalized spacial score (nSPS) is 11.9. The zero-order valence-electron chi connectivity index (χ0n) is 16.2. The van der Waals surface area contributed by atoms with Gasteiger partial charge in [0.15, 0.2) is 0 Å². The maximum Gasteiger partial charge on any atom is 0.242 e. The first kappa shape index (κ1) is 17.6. The third-order valence-electron chi connectivity index (χ3n) is 6.10. The van der Waals surface area contributed by atoms with Crippen molar-refractivity contribution in [3.05, 3.63) is 91.3 Å². The quantitative estimate of drug-likeness (QED) is 0.193. The minimum Gasteiger partial charge on any atom is -0.342 e. The van der Waals surface area contributed by atoms with E-state index in [1.165, 1.54) is 38.1 Å². The number of aryl methyl sites for hydroxylation is 1. The molecule has 0 fully saturated rings. The summed E-state index contributed by atoms with van der Waals surface area (Å²) in [5, 5.41) is 5.20. The van der Waals surface area contributed by atoms with Crippen molar-refractivity contribution in [1.82, 2.24) is 8.97 Å². The van der Waals surface area contributed by atoms with Gasteiger partial charge in [-0.15, -0.1) is 0 Å². The van der Waals surface area contributed by atoms with E-state index in [2.05, 4.69) is 93.6 Å². The van der Waals surface area contributed by atoms with Gasteiger partial charge in [-0.05, 0) is 12.1 Å². The fourth-order valence-corrected chi connectivity index (χ4v) is 4.86. The van der Waals surface area contributed by atoms with Gasteiger partial charge in [0.25, 0.3) is 0 Å². The number of aromatic nitrogens is 3. The van der Waals surface area contributed by atoms with E-state index in [4.69, 9.17) is 0 Å². The summed E-state index contributed by atoms with van der Waals surface area (Å²) >= 11 is 0. The molecule has 0 atom stereocenters. The number of nitrogens with zero attached hydrogens (tertiary/aromatic N) is 3. The van der Waals surface area contributed by atoms with Gasteiger partial charge in [0.1, 0.15) is 0 Å². The van der Waals surface area contributed by atoms with E-state index in [-0.39, 0.29) is 20.1 Å². The summed E-state index contributed by atoms with van der Waals surface area (Å²) in [5.74, 6) is 0. The van der Waals surface area contributed by atoms with Crippen LogP contribution in [0.25, 0.3) is 54.8 Å². The summed E-state index contributed by atoms with van der Waals surface area (Å²) in [6, 6.07) is 31.3. The predicted molar refractivity (Wildman–Crippen MR) is 117 cm³/mol. The number of para-hydroxylation sites is 3. The van der Waals surface area contributed by atoms with Gasteiger partial charge in [-0.25, -0.2) is 0 Å². The molecule has 0 saturated heterocycles. The molecule has 0 aliphatic heterocycles. The smallest absolute Gasteiger partial charge is 0.242 e. The van der Waals surface area contributed by atoms with Gasteiger partial charge in [-0.1, -0.05) is 48.2 Å². The van der Waals surface area contributed by atoms with Gasteiger partial charge in [0.05, 0.1) is 29.1 Å². The van der Waals surface area contributed by atoms with Gasteiger partial charge in [0.2, 0.25) is 6.33 Å². The second-order valence-corrected chi connectivity index (χ2v) is 7.65. The SMILES string of the molecule is C[n+]1[c-]n(-c2[c-]cccc2)c2cc3c(cc21)c1cccc2c4ccccc4n3c21.[Ir]. The summed E-state index contributed by atoms with van der Waals surface area (Å²) in [5.41, 5.74) is 7.08. The first-order valence-corrected chi connectivity index (χ1v) is 9.79. The van der Waals surface area contributed by atoms with E-state index >= 15 is 0 Å². The number of hydrogen-bond acceptors (Lipinski definition) is 0. The molecule has 145 valence electrons. The Morgan fingerprint density at radius 1 is 0.733 bits per heavy atom. The zero-order chi connectivity index (χ0) is 19.1. The Morgan fingerprint density at radius 3 is 2.33 bits per heavy atom. The Bertz CT molecular complexity index is 1710. The van der Waals surface area contributed by atoms with Crippen molar-refractivity contribution in [3.63, 3.8) is 0 Å². The molecule has 4 aromatic carbocycles. The number of hydrogen-bond donors (Lipinski definition) is 0. The van der Waals surface area contributed by atoms with Crippen LogP contribution in [0.15, 0.2) is 78.9 Å². The molecular formula is C26H16IrN3-.